The first kappa shape index (κ1) is 23.8. The molecule has 0 atom stereocenters. The molecule has 0 saturated carbocycles. The van der Waals surface area contributed by atoms with Crippen LogP contribution in [0.15, 0.2) is 66.7 Å². The topological polar surface area (TPSA) is 110 Å². The molecule has 0 fully saturated rings. The molecule has 0 aromatic heterocycles. The van der Waals surface area contributed by atoms with Crippen molar-refractivity contribution in [3.63, 3.8) is 0 Å². The summed E-state index contributed by atoms with van der Waals surface area (Å²) in [5, 5.41) is 11.7. The number of amides is 1. The van der Waals surface area contributed by atoms with E-state index < -0.39 is 24.3 Å². The zero-order chi connectivity index (χ0) is 23.3. The minimum atomic E-state index is -5.09. The van der Waals surface area contributed by atoms with Crippen molar-refractivity contribution in [2.24, 2.45) is 0 Å². The number of nitrogens with one attached hydrogen (secondary N) is 1. The van der Waals surface area contributed by atoms with Crippen molar-refractivity contribution >= 4 is 30.1 Å². The maximum absolute atomic E-state index is 10.9. The molecule has 3 aromatic carbocycles. The number of aromatic hydroxyl groups is 1. The van der Waals surface area contributed by atoms with Crippen LogP contribution >= 0.6 is 0 Å². The molecule has 1 aliphatic heterocycles. The Morgan fingerprint density at radius 3 is 2.34 bits per heavy atom. The van der Waals surface area contributed by atoms with E-state index in [1.165, 1.54) is 35.2 Å². The molecule has 1 heterocycles. The molecule has 0 spiro atoms. The maximum Gasteiger partial charge on any atom is 0.0246 e. The Balaban J connectivity index is 0.000000183. The van der Waals surface area contributed by atoms with E-state index in [1.54, 1.807) is 0 Å². The predicted octanol–water partition coefficient (Wildman–Crippen LogP) is 2.60. The van der Waals surface area contributed by atoms with Gasteiger partial charge < -0.3 is 0 Å². The predicted molar refractivity (Wildman–Crippen MR) is 125 cm³/mol. The number of phenols is 1. The molecule has 168 valence electrons. The minimum Gasteiger partial charge on any atom is -0.295 e. The van der Waals surface area contributed by atoms with Gasteiger partial charge in [0.05, 0.1) is 0 Å². The van der Waals surface area contributed by atoms with Crippen LogP contribution in [0.4, 0.5) is 5.69 Å². The van der Waals surface area contributed by atoms with E-state index >= 15 is 0 Å². The smallest absolute Gasteiger partial charge is 0.0246 e. The molecule has 1 amide bonds. The third-order valence-electron chi connectivity index (χ3n) is 5.19. The number of carbonyl (C=O) groups excluding carboxylic acids is 1. The number of phenolic OH excluding ortho intramolecular Hbond substituents is 1. The minimum absolute atomic E-state index is 0.285. The summed E-state index contributed by atoms with van der Waals surface area (Å²) >= 11 is -5.09. The first-order valence-corrected chi connectivity index (χ1v) is 13.6. The third kappa shape index (κ3) is 5.90. The van der Waals surface area contributed by atoms with E-state index in [4.69, 9.17) is 8.19 Å². The van der Waals surface area contributed by atoms with Crippen LogP contribution in [0.25, 0.3) is 11.1 Å². The number of fused-ring (bicyclic) bond motifs is 1. The molecule has 8 heteroatoms. The second kappa shape index (κ2) is 10.2. The molecule has 1 aliphatic rings. The van der Waals surface area contributed by atoms with Crippen molar-refractivity contribution in [3.05, 3.63) is 77.9 Å². The van der Waals surface area contributed by atoms with Gasteiger partial charge in [0, 0.05) is 13.1 Å². The van der Waals surface area contributed by atoms with E-state index in [-0.39, 0.29) is 11.6 Å². The van der Waals surface area contributed by atoms with Crippen molar-refractivity contribution in [2.75, 3.05) is 11.9 Å². The SMILES string of the molecule is CC(=O)Nc1ccc([As](=O)(O)O)c(O)c1.CCN1Cc2cccc(-c3ccccc3)c2C1. The molecule has 7 nitrogen and oxygen atoms in total. The zero-order valence-corrected chi connectivity index (χ0v) is 19.9. The van der Waals surface area contributed by atoms with E-state index in [0.717, 1.165) is 31.8 Å². The van der Waals surface area contributed by atoms with Gasteiger partial charge in [-0.15, -0.1) is 0 Å². The number of benzene rings is 3. The Morgan fingerprint density at radius 1 is 1.03 bits per heavy atom. The van der Waals surface area contributed by atoms with E-state index in [1.807, 2.05) is 0 Å². The quantitative estimate of drug-likeness (QED) is 0.412. The molecule has 4 N–H and O–H groups in total. The van der Waals surface area contributed by atoms with E-state index in [0.29, 0.717) is 0 Å². The van der Waals surface area contributed by atoms with E-state index in [9.17, 15) is 13.6 Å². The van der Waals surface area contributed by atoms with Crippen molar-refractivity contribution < 1.29 is 21.8 Å². The Morgan fingerprint density at radius 2 is 1.75 bits per heavy atom. The Hall–Kier alpha value is -2.83. The van der Waals surface area contributed by atoms with Gasteiger partial charge in [0.15, 0.2) is 0 Å². The van der Waals surface area contributed by atoms with Crippen LogP contribution in [0.3, 0.4) is 0 Å². The molecule has 0 saturated heterocycles. The Bertz CT molecular complexity index is 1140. The third-order valence-corrected chi connectivity index (χ3v) is 7.30. The van der Waals surface area contributed by atoms with Gasteiger partial charge >= 0.3 is 88.1 Å². The zero-order valence-electron chi connectivity index (χ0n) is 18.0. The van der Waals surface area contributed by atoms with Gasteiger partial charge in [0.25, 0.3) is 0 Å². The number of hydrogen-bond donors (Lipinski definition) is 4. The first-order valence-electron chi connectivity index (χ1n) is 10.2. The summed E-state index contributed by atoms with van der Waals surface area (Å²) in [6.07, 6.45) is 0. The molecule has 32 heavy (non-hydrogen) atoms. The van der Waals surface area contributed by atoms with Crippen molar-refractivity contribution in [3.8, 4) is 16.9 Å². The summed E-state index contributed by atoms with van der Waals surface area (Å²) in [6, 6.07) is 20.9. The van der Waals surface area contributed by atoms with Crippen LogP contribution < -0.4 is 9.67 Å². The maximum atomic E-state index is 10.9. The summed E-state index contributed by atoms with van der Waals surface area (Å²) in [5.41, 5.74) is 6.03. The fraction of sp³-hybridized carbons (Fsp3) is 0.208. The second-order valence-electron chi connectivity index (χ2n) is 7.54. The average Bonchev–Trinajstić information content (AvgIpc) is 3.17. The number of hydrogen-bond acceptors (Lipinski definition) is 4. The van der Waals surface area contributed by atoms with Crippen molar-refractivity contribution in [2.45, 2.75) is 26.9 Å². The summed E-state index contributed by atoms with van der Waals surface area (Å²) in [7, 11) is 0. The molecule has 0 bridgehead atoms. The van der Waals surface area contributed by atoms with Crippen LogP contribution in [0.5, 0.6) is 5.75 Å². The number of carbonyl (C=O) groups is 1. The monoisotopic (exact) mass is 498 g/mol. The van der Waals surface area contributed by atoms with Gasteiger partial charge in [-0.1, -0.05) is 55.5 Å². The molecular formula is C24H27AsN2O5. The summed E-state index contributed by atoms with van der Waals surface area (Å²) in [4.78, 5) is 13.1. The van der Waals surface area contributed by atoms with Gasteiger partial charge in [-0.3, -0.25) is 4.90 Å². The van der Waals surface area contributed by atoms with E-state index in [2.05, 4.69) is 65.7 Å². The van der Waals surface area contributed by atoms with Crippen molar-refractivity contribution in [1.29, 1.82) is 0 Å². The molecule has 0 radical (unpaired) electrons. The summed E-state index contributed by atoms with van der Waals surface area (Å²) in [6.45, 7) is 6.85. The molecule has 3 aromatic rings. The number of rotatable bonds is 4. The van der Waals surface area contributed by atoms with Gasteiger partial charge in [-0.05, 0) is 28.8 Å². The Labute approximate surface area is 190 Å². The first-order chi connectivity index (χ1) is 15.2. The molecule has 4 rings (SSSR count). The summed E-state index contributed by atoms with van der Waals surface area (Å²) in [5.74, 6) is -0.850. The molecule has 0 aliphatic carbocycles. The fourth-order valence-electron chi connectivity index (χ4n) is 3.65. The van der Waals surface area contributed by atoms with Gasteiger partial charge in [0.1, 0.15) is 0 Å². The molecular weight excluding hydrogens is 471 g/mol. The largest absolute Gasteiger partial charge is 0.295 e. The van der Waals surface area contributed by atoms with Crippen LogP contribution in [0.2, 0.25) is 0 Å². The average molecular weight is 498 g/mol. The van der Waals surface area contributed by atoms with Crippen LogP contribution in [-0.4, -0.2) is 44.8 Å². The normalized spacial score (nSPS) is 13.1. The number of anilines is 1. The number of nitrogens with zero attached hydrogens (tertiary/aromatic N) is 1. The van der Waals surface area contributed by atoms with Crippen LogP contribution in [0.1, 0.15) is 25.0 Å². The van der Waals surface area contributed by atoms with Gasteiger partial charge in [-0.25, -0.2) is 0 Å². The Kier molecular flexibility index (Phi) is 7.59. The fourth-order valence-corrected chi connectivity index (χ4v) is 4.98. The van der Waals surface area contributed by atoms with Crippen molar-refractivity contribution in [1.82, 2.24) is 4.90 Å². The standard InChI is InChI=1S/C16H17N.C8H10AsNO5/c1-2-17-11-14-9-6-10-15(16(14)12-17)13-7-4-3-5-8-13;1-5(11)10-6-2-3-7(8(12)4-6)9(13,14)15/h3-10H,2,11-12H2,1H3;2-4,12H,1H3,(H,10,11)(H2,13,14,15). The van der Waals surface area contributed by atoms with Gasteiger partial charge in [0.2, 0.25) is 0 Å². The van der Waals surface area contributed by atoms with Crippen LogP contribution in [0, 0.1) is 0 Å². The van der Waals surface area contributed by atoms with Crippen LogP contribution in [-0.2, 0) is 21.6 Å². The second-order valence-corrected chi connectivity index (χ2v) is 10.8. The summed E-state index contributed by atoms with van der Waals surface area (Å²) < 4.78 is 28.2. The molecule has 0 unspecified atom stereocenters. The van der Waals surface area contributed by atoms with Gasteiger partial charge in [-0.2, -0.15) is 0 Å².